The van der Waals surface area contributed by atoms with Gasteiger partial charge in [0.1, 0.15) is 12.4 Å². The highest BCUT2D eigenvalue weighted by atomic mass is 16.5. The minimum Gasteiger partial charge on any atom is -0.489 e. The molecule has 3 rings (SSSR count). The van der Waals surface area contributed by atoms with E-state index in [9.17, 15) is 4.79 Å². The quantitative estimate of drug-likeness (QED) is 0.813. The van der Waals surface area contributed by atoms with Crippen molar-refractivity contribution in [2.75, 3.05) is 0 Å². The number of nitrogens with one attached hydrogen (secondary N) is 1. The Hall–Kier alpha value is -2.33. The van der Waals surface area contributed by atoms with Crippen LogP contribution in [0.5, 0.6) is 5.75 Å². The third-order valence-corrected chi connectivity index (χ3v) is 4.85. The number of para-hydroxylation sites is 1. The molecule has 0 saturated heterocycles. The fourth-order valence-corrected chi connectivity index (χ4v) is 3.35. The van der Waals surface area contributed by atoms with E-state index in [4.69, 9.17) is 10.5 Å². The van der Waals surface area contributed by atoms with E-state index in [0.717, 1.165) is 36.1 Å². The van der Waals surface area contributed by atoms with Crippen LogP contribution in [0, 0.1) is 5.92 Å². The first-order valence-corrected chi connectivity index (χ1v) is 8.99. The molecular weight excluding hydrogens is 312 g/mol. The molecule has 1 fully saturated rings. The summed E-state index contributed by atoms with van der Waals surface area (Å²) < 4.78 is 5.93. The predicted molar refractivity (Wildman–Crippen MR) is 99.0 cm³/mol. The molecule has 25 heavy (non-hydrogen) atoms. The molecule has 0 aliphatic heterocycles. The summed E-state index contributed by atoms with van der Waals surface area (Å²) in [5, 5.41) is 3.01. The molecule has 0 aromatic heterocycles. The van der Waals surface area contributed by atoms with E-state index in [2.05, 4.69) is 5.32 Å². The minimum atomic E-state index is 0.0696. The molecule has 3 N–H and O–H groups in total. The van der Waals surface area contributed by atoms with Gasteiger partial charge in [0.25, 0.3) is 0 Å². The number of hydrogen-bond donors (Lipinski definition) is 2. The van der Waals surface area contributed by atoms with E-state index < -0.39 is 0 Å². The van der Waals surface area contributed by atoms with Gasteiger partial charge in [-0.25, -0.2) is 0 Å². The van der Waals surface area contributed by atoms with Gasteiger partial charge in [0.05, 0.1) is 0 Å². The lowest BCUT2D eigenvalue weighted by Gasteiger charge is -2.16. The topological polar surface area (TPSA) is 64.4 Å². The molecule has 1 amide bonds. The maximum Gasteiger partial charge on any atom is 0.220 e. The maximum absolute atomic E-state index is 12.2. The van der Waals surface area contributed by atoms with Gasteiger partial charge in [0.2, 0.25) is 5.91 Å². The van der Waals surface area contributed by atoms with Gasteiger partial charge in [-0.2, -0.15) is 0 Å². The van der Waals surface area contributed by atoms with Crippen molar-refractivity contribution in [2.45, 2.75) is 44.9 Å². The molecule has 1 aliphatic carbocycles. The van der Waals surface area contributed by atoms with Crippen LogP contribution in [0.25, 0.3) is 0 Å². The summed E-state index contributed by atoms with van der Waals surface area (Å²) in [4.78, 5) is 12.2. The summed E-state index contributed by atoms with van der Waals surface area (Å²) in [6.45, 7) is 0.995. The lowest BCUT2D eigenvalue weighted by molar-refractivity contribution is -0.122. The standard InChI is InChI=1S/C21H26N2O2/c22-19-11-6-10-17(19)13-21(24)23-14-18-9-4-5-12-20(18)25-15-16-7-2-1-3-8-16/h1-5,7-9,12,17,19H,6,10-11,13-15,22H2,(H,23,24)/t17-,19+/m0/s1. The Morgan fingerprint density at radius 2 is 1.84 bits per heavy atom. The second-order valence-corrected chi connectivity index (χ2v) is 6.72. The zero-order valence-electron chi connectivity index (χ0n) is 14.5. The monoisotopic (exact) mass is 338 g/mol. The molecule has 4 heteroatoms. The van der Waals surface area contributed by atoms with Gasteiger partial charge in [0.15, 0.2) is 0 Å². The van der Waals surface area contributed by atoms with Crippen LogP contribution < -0.4 is 15.8 Å². The minimum absolute atomic E-state index is 0.0696. The van der Waals surface area contributed by atoms with E-state index >= 15 is 0 Å². The Kier molecular flexibility index (Phi) is 6.07. The Morgan fingerprint density at radius 1 is 1.08 bits per heavy atom. The second-order valence-electron chi connectivity index (χ2n) is 6.72. The van der Waals surface area contributed by atoms with Crippen LogP contribution in [0.3, 0.4) is 0 Å². The van der Waals surface area contributed by atoms with Gasteiger partial charge in [0, 0.05) is 24.6 Å². The van der Waals surface area contributed by atoms with Gasteiger partial charge in [-0.15, -0.1) is 0 Å². The van der Waals surface area contributed by atoms with Crippen LogP contribution in [0.1, 0.15) is 36.8 Å². The summed E-state index contributed by atoms with van der Waals surface area (Å²) in [5.74, 6) is 1.20. The summed E-state index contributed by atoms with van der Waals surface area (Å²) in [5.41, 5.74) is 8.16. The van der Waals surface area contributed by atoms with E-state index in [1.807, 2.05) is 54.6 Å². The molecule has 4 nitrogen and oxygen atoms in total. The Balaban J connectivity index is 1.52. The molecule has 0 spiro atoms. The molecule has 1 saturated carbocycles. The van der Waals surface area contributed by atoms with E-state index in [1.54, 1.807) is 0 Å². The van der Waals surface area contributed by atoms with E-state index in [-0.39, 0.29) is 11.9 Å². The van der Waals surface area contributed by atoms with Gasteiger partial charge in [-0.3, -0.25) is 4.79 Å². The van der Waals surface area contributed by atoms with Crippen molar-refractivity contribution in [1.82, 2.24) is 5.32 Å². The lowest BCUT2D eigenvalue weighted by Crippen LogP contribution is -2.31. The lowest BCUT2D eigenvalue weighted by atomic mass is 10.00. The first kappa shape index (κ1) is 17.5. The SMILES string of the molecule is N[C@@H]1CCC[C@H]1CC(=O)NCc1ccccc1OCc1ccccc1. The molecule has 132 valence electrons. The fourth-order valence-electron chi connectivity index (χ4n) is 3.35. The summed E-state index contributed by atoms with van der Waals surface area (Å²) in [6.07, 6.45) is 3.75. The van der Waals surface area contributed by atoms with E-state index in [0.29, 0.717) is 25.5 Å². The Labute approximate surface area is 149 Å². The normalized spacial score (nSPS) is 19.6. The smallest absolute Gasteiger partial charge is 0.220 e. The largest absolute Gasteiger partial charge is 0.489 e. The second kappa shape index (κ2) is 8.67. The third kappa shape index (κ3) is 5.07. The number of nitrogens with two attached hydrogens (primary N) is 1. The fraction of sp³-hybridized carbons (Fsp3) is 0.381. The van der Waals surface area contributed by atoms with Gasteiger partial charge >= 0.3 is 0 Å². The first-order valence-electron chi connectivity index (χ1n) is 8.99. The van der Waals surface area contributed by atoms with Crippen LogP contribution in [0.2, 0.25) is 0 Å². The van der Waals surface area contributed by atoms with Crippen molar-refractivity contribution in [1.29, 1.82) is 0 Å². The summed E-state index contributed by atoms with van der Waals surface area (Å²) in [7, 11) is 0. The molecule has 2 atom stereocenters. The van der Waals surface area contributed by atoms with Crippen molar-refractivity contribution >= 4 is 5.91 Å². The molecule has 0 unspecified atom stereocenters. The third-order valence-electron chi connectivity index (χ3n) is 4.85. The zero-order valence-corrected chi connectivity index (χ0v) is 14.5. The Bertz CT molecular complexity index is 687. The summed E-state index contributed by atoms with van der Waals surface area (Å²) >= 11 is 0. The molecule has 0 bridgehead atoms. The van der Waals surface area contributed by atoms with Crippen LogP contribution in [0.4, 0.5) is 0 Å². The number of ether oxygens (including phenoxy) is 1. The van der Waals surface area contributed by atoms with Gasteiger partial charge in [-0.05, 0) is 30.4 Å². The van der Waals surface area contributed by atoms with Gasteiger partial charge < -0.3 is 15.8 Å². The number of hydrogen-bond acceptors (Lipinski definition) is 3. The highest BCUT2D eigenvalue weighted by Crippen LogP contribution is 2.26. The van der Waals surface area contributed by atoms with Crippen molar-refractivity contribution < 1.29 is 9.53 Å². The van der Waals surface area contributed by atoms with Crippen molar-refractivity contribution in [2.24, 2.45) is 11.7 Å². The predicted octanol–water partition coefficient (Wildman–Crippen LogP) is 3.40. The van der Waals surface area contributed by atoms with Crippen LogP contribution in [-0.4, -0.2) is 11.9 Å². The molecule has 0 radical (unpaired) electrons. The number of carbonyl (C=O) groups excluding carboxylic acids is 1. The van der Waals surface area contributed by atoms with Crippen molar-refractivity contribution in [3.63, 3.8) is 0 Å². The highest BCUT2D eigenvalue weighted by Gasteiger charge is 2.25. The first-order chi connectivity index (χ1) is 12.2. The number of benzene rings is 2. The number of amides is 1. The maximum atomic E-state index is 12.2. The molecule has 2 aromatic rings. The average molecular weight is 338 g/mol. The van der Waals surface area contributed by atoms with Crippen molar-refractivity contribution in [3.8, 4) is 5.75 Å². The molecule has 0 heterocycles. The van der Waals surface area contributed by atoms with Crippen LogP contribution in [0.15, 0.2) is 54.6 Å². The van der Waals surface area contributed by atoms with E-state index in [1.165, 1.54) is 0 Å². The molecular formula is C21H26N2O2. The highest BCUT2D eigenvalue weighted by molar-refractivity contribution is 5.76. The van der Waals surface area contributed by atoms with Crippen LogP contribution in [-0.2, 0) is 17.9 Å². The molecule has 1 aliphatic rings. The molecule has 2 aromatic carbocycles. The summed E-state index contributed by atoms with van der Waals surface area (Å²) in [6, 6.07) is 18.1. The Morgan fingerprint density at radius 3 is 2.60 bits per heavy atom. The number of rotatable bonds is 7. The van der Waals surface area contributed by atoms with Crippen LogP contribution >= 0.6 is 0 Å². The zero-order chi connectivity index (χ0) is 17.5. The number of carbonyl (C=O) groups is 1. The van der Waals surface area contributed by atoms with Crippen molar-refractivity contribution in [3.05, 3.63) is 65.7 Å². The van der Waals surface area contributed by atoms with Gasteiger partial charge in [-0.1, -0.05) is 55.0 Å². The average Bonchev–Trinajstić information content (AvgIpc) is 3.04.